The van der Waals surface area contributed by atoms with Gasteiger partial charge in [-0.1, -0.05) is 47.8 Å². The fourth-order valence-electron chi connectivity index (χ4n) is 1.01. The van der Waals surface area contributed by atoms with Crippen LogP contribution in [0.2, 0.25) is 5.02 Å². The Balaban J connectivity index is 0.000000386. The van der Waals surface area contributed by atoms with Crippen LogP contribution in [0.5, 0.6) is 0 Å². The van der Waals surface area contributed by atoms with Gasteiger partial charge in [0.1, 0.15) is 12.7 Å². The largest absolute Gasteiger partial charge is 0.223 e. The van der Waals surface area contributed by atoms with Crippen molar-refractivity contribution in [3.63, 3.8) is 0 Å². The van der Waals surface area contributed by atoms with Crippen molar-refractivity contribution in [2.75, 3.05) is 0 Å². The Morgan fingerprint density at radius 1 is 1.31 bits per heavy atom. The SMILES string of the molecule is CCC.Clc1cc(Br)cc(-n2cncn2)c1. The molecule has 2 aromatic rings. The van der Waals surface area contributed by atoms with Crippen molar-refractivity contribution in [1.82, 2.24) is 14.8 Å². The van der Waals surface area contributed by atoms with E-state index in [0.717, 1.165) is 10.2 Å². The van der Waals surface area contributed by atoms with Crippen molar-refractivity contribution in [3.8, 4) is 5.69 Å². The second-order valence-corrected chi connectivity index (χ2v) is 4.53. The Labute approximate surface area is 109 Å². The second kappa shape index (κ2) is 6.66. The summed E-state index contributed by atoms with van der Waals surface area (Å²) in [5.41, 5.74) is 0.886. The summed E-state index contributed by atoms with van der Waals surface area (Å²) >= 11 is 9.23. The predicted molar refractivity (Wildman–Crippen MR) is 70.0 cm³/mol. The Morgan fingerprint density at radius 3 is 2.50 bits per heavy atom. The molecule has 0 N–H and O–H groups in total. The number of nitrogens with zero attached hydrogens (tertiary/aromatic N) is 3. The maximum absolute atomic E-state index is 5.88. The molecule has 0 aliphatic heterocycles. The van der Waals surface area contributed by atoms with Gasteiger partial charge in [-0.15, -0.1) is 0 Å². The van der Waals surface area contributed by atoms with E-state index in [-0.39, 0.29) is 0 Å². The van der Waals surface area contributed by atoms with Crippen molar-refractivity contribution in [2.24, 2.45) is 0 Å². The van der Waals surface area contributed by atoms with Gasteiger partial charge in [0.05, 0.1) is 5.69 Å². The molecule has 0 atom stereocenters. The van der Waals surface area contributed by atoms with Crippen molar-refractivity contribution in [3.05, 3.63) is 40.3 Å². The van der Waals surface area contributed by atoms with Crippen LogP contribution in [0.4, 0.5) is 0 Å². The van der Waals surface area contributed by atoms with E-state index in [0.29, 0.717) is 5.02 Å². The first kappa shape index (κ1) is 13.2. The average Bonchev–Trinajstić information content (AvgIpc) is 2.69. The van der Waals surface area contributed by atoms with Crippen LogP contribution in [0.1, 0.15) is 20.3 Å². The number of rotatable bonds is 1. The van der Waals surface area contributed by atoms with Crippen LogP contribution in [0.3, 0.4) is 0 Å². The van der Waals surface area contributed by atoms with Crippen LogP contribution in [-0.4, -0.2) is 14.8 Å². The third kappa shape index (κ3) is 3.94. The molecule has 0 radical (unpaired) electrons. The molecule has 0 unspecified atom stereocenters. The monoisotopic (exact) mass is 301 g/mol. The zero-order valence-electron chi connectivity index (χ0n) is 9.19. The highest BCUT2D eigenvalue weighted by Gasteiger charge is 1.99. The van der Waals surface area contributed by atoms with Crippen LogP contribution in [0.25, 0.3) is 5.69 Å². The van der Waals surface area contributed by atoms with Gasteiger partial charge in [-0.2, -0.15) is 5.10 Å². The smallest absolute Gasteiger partial charge is 0.138 e. The second-order valence-electron chi connectivity index (χ2n) is 3.17. The van der Waals surface area contributed by atoms with E-state index in [4.69, 9.17) is 11.6 Å². The number of aromatic nitrogens is 3. The number of hydrogen-bond acceptors (Lipinski definition) is 2. The summed E-state index contributed by atoms with van der Waals surface area (Å²) in [6, 6.07) is 5.56. The Bertz CT molecular complexity index is 409. The molecule has 3 nitrogen and oxygen atoms in total. The summed E-state index contributed by atoms with van der Waals surface area (Å²) in [6.07, 6.45) is 4.35. The first-order chi connectivity index (χ1) is 7.67. The molecule has 0 aliphatic rings. The van der Waals surface area contributed by atoms with E-state index in [9.17, 15) is 0 Å². The highest BCUT2D eigenvalue weighted by Crippen LogP contribution is 2.21. The number of halogens is 2. The lowest BCUT2D eigenvalue weighted by atomic mass is 10.3. The molecule has 1 heterocycles. The molecule has 1 aromatic carbocycles. The lowest BCUT2D eigenvalue weighted by Gasteiger charge is -2.01. The lowest BCUT2D eigenvalue weighted by molar-refractivity contribution is 0.878. The normalized spacial score (nSPS) is 9.50. The van der Waals surface area contributed by atoms with Crippen molar-refractivity contribution in [2.45, 2.75) is 20.3 Å². The van der Waals surface area contributed by atoms with Gasteiger partial charge in [0.15, 0.2) is 0 Å². The van der Waals surface area contributed by atoms with E-state index < -0.39 is 0 Å². The van der Waals surface area contributed by atoms with Gasteiger partial charge in [-0.05, 0) is 18.2 Å². The molecule has 5 heteroatoms. The van der Waals surface area contributed by atoms with Gasteiger partial charge in [0.2, 0.25) is 0 Å². The van der Waals surface area contributed by atoms with E-state index in [1.807, 2.05) is 18.2 Å². The van der Waals surface area contributed by atoms with Gasteiger partial charge >= 0.3 is 0 Å². The summed E-state index contributed by atoms with van der Waals surface area (Å²) in [4.78, 5) is 3.85. The van der Waals surface area contributed by atoms with Crippen molar-refractivity contribution < 1.29 is 0 Å². The minimum absolute atomic E-state index is 0.667. The molecular weight excluding hydrogens is 289 g/mol. The molecular formula is C11H13BrClN3. The summed E-state index contributed by atoms with van der Waals surface area (Å²) in [6.45, 7) is 4.25. The molecule has 2 rings (SSSR count). The standard InChI is InChI=1S/C8H5BrClN3.C3H8/c9-6-1-7(10)3-8(2-6)13-5-11-4-12-13;1-3-2/h1-5H;3H2,1-2H3. The van der Waals surface area contributed by atoms with Crippen molar-refractivity contribution in [1.29, 1.82) is 0 Å². The molecule has 0 saturated heterocycles. The summed E-state index contributed by atoms with van der Waals surface area (Å²) < 4.78 is 2.57. The third-order valence-corrected chi connectivity index (χ3v) is 2.21. The molecule has 0 spiro atoms. The molecule has 1 aromatic heterocycles. The average molecular weight is 303 g/mol. The van der Waals surface area contributed by atoms with Crippen molar-refractivity contribution >= 4 is 27.5 Å². The highest BCUT2D eigenvalue weighted by molar-refractivity contribution is 9.10. The van der Waals surface area contributed by atoms with Gasteiger partial charge in [-0.3, -0.25) is 0 Å². The quantitative estimate of drug-likeness (QED) is 0.794. The topological polar surface area (TPSA) is 30.7 Å². The van der Waals surface area contributed by atoms with Gasteiger partial charge < -0.3 is 0 Å². The first-order valence-corrected chi connectivity index (χ1v) is 6.15. The fraction of sp³-hybridized carbons (Fsp3) is 0.273. The number of hydrogen-bond donors (Lipinski definition) is 0. The minimum Gasteiger partial charge on any atom is -0.223 e. The van der Waals surface area contributed by atoms with Crippen LogP contribution in [0, 0.1) is 0 Å². The zero-order chi connectivity index (χ0) is 12.0. The van der Waals surface area contributed by atoms with Gasteiger partial charge in [-0.25, -0.2) is 9.67 Å². The maximum Gasteiger partial charge on any atom is 0.138 e. The lowest BCUT2D eigenvalue weighted by Crippen LogP contribution is -1.93. The Hall–Kier alpha value is -0.870. The molecule has 0 aliphatic carbocycles. The van der Waals surface area contributed by atoms with Crippen LogP contribution >= 0.6 is 27.5 Å². The fourth-order valence-corrected chi connectivity index (χ4v) is 1.86. The molecule has 0 bridgehead atoms. The summed E-state index contributed by atoms with van der Waals surface area (Å²) in [5.74, 6) is 0. The van der Waals surface area contributed by atoms with Crippen LogP contribution < -0.4 is 0 Å². The van der Waals surface area contributed by atoms with E-state index in [1.54, 1.807) is 11.0 Å². The predicted octanol–water partition coefficient (Wildman–Crippen LogP) is 4.10. The molecule has 0 amide bonds. The van der Waals surface area contributed by atoms with Crippen LogP contribution in [0.15, 0.2) is 35.3 Å². The first-order valence-electron chi connectivity index (χ1n) is 4.98. The van der Waals surface area contributed by atoms with E-state index in [1.165, 1.54) is 12.7 Å². The van der Waals surface area contributed by atoms with E-state index in [2.05, 4.69) is 39.9 Å². The van der Waals surface area contributed by atoms with E-state index >= 15 is 0 Å². The Morgan fingerprint density at radius 2 is 2.00 bits per heavy atom. The maximum atomic E-state index is 5.88. The third-order valence-electron chi connectivity index (χ3n) is 1.53. The molecule has 0 fully saturated rings. The zero-order valence-corrected chi connectivity index (χ0v) is 11.5. The molecule has 16 heavy (non-hydrogen) atoms. The number of benzene rings is 1. The highest BCUT2D eigenvalue weighted by atomic mass is 79.9. The summed E-state index contributed by atoms with van der Waals surface area (Å²) in [5, 5.41) is 4.66. The van der Waals surface area contributed by atoms with Gasteiger partial charge in [0.25, 0.3) is 0 Å². The van der Waals surface area contributed by atoms with Crippen LogP contribution in [-0.2, 0) is 0 Å². The van der Waals surface area contributed by atoms with Gasteiger partial charge in [0, 0.05) is 9.50 Å². The minimum atomic E-state index is 0.667. The summed E-state index contributed by atoms with van der Waals surface area (Å²) in [7, 11) is 0. The molecule has 86 valence electrons. The Kier molecular flexibility index (Phi) is 5.49. The molecule has 0 saturated carbocycles.